The number of fused-ring (bicyclic) bond motifs is 1. The fraction of sp³-hybridized carbons (Fsp3) is 0.333. The molecule has 0 aliphatic carbocycles. The van der Waals surface area contributed by atoms with Gasteiger partial charge in [0.2, 0.25) is 5.75 Å². The van der Waals surface area contributed by atoms with E-state index in [0.717, 1.165) is 34.6 Å². The van der Waals surface area contributed by atoms with E-state index in [-0.39, 0.29) is 0 Å². The van der Waals surface area contributed by atoms with Crippen molar-refractivity contribution >= 4 is 27.3 Å². The zero-order chi connectivity index (χ0) is 14.7. The Morgan fingerprint density at radius 1 is 1.29 bits per heavy atom. The second-order valence-corrected chi connectivity index (χ2v) is 6.47. The zero-order valence-electron chi connectivity index (χ0n) is 11.6. The van der Waals surface area contributed by atoms with Crippen LogP contribution in [0.5, 0.6) is 17.2 Å². The van der Waals surface area contributed by atoms with Gasteiger partial charge in [0.25, 0.3) is 0 Å². The summed E-state index contributed by atoms with van der Waals surface area (Å²) in [6.45, 7) is 2.72. The van der Waals surface area contributed by atoms with E-state index in [1.807, 2.05) is 12.1 Å². The van der Waals surface area contributed by atoms with Gasteiger partial charge in [-0.15, -0.1) is 11.3 Å². The monoisotopic (exact) mass is 369 g/mol. The lowest BCUT2D eigenvalue weighted by molar-refractivity contribution is 0.165. The van der Waals surface area contributed by atoms with Crippen molar-refractivity contribution in [1.29, 1.82) is 0 Å². The number of nitrogens with one attached hydrogen (secondary N) is 1. The molecule has 4 nitrogen and oxygen atoms in total. The summed E-state index contributed by atoms with van der Waals surface area (Å²) in [5.41, 5.74) is 1.11. The maximum Gasteiger partial charge on any atom is 0.203 e. The van der Waals surface area contributed by atoms with Gasteiger partial charge in [0.15, 0.2) is 11.5 Å². The second kappa shape index (κ2) is 6.68. The number of methoxy groups -OCH3 is 1. The van der Waals surface area contributed by atoms with Gasteiger partial charge in [-0.25, -0.2) is 0 Å². The minimum absolute atomic E-state index is 0.563. The van der Waals surface area contributed by atoms with Crippen LogP contribution >= 0.6 is 27.3 Å². The molecule has 6 heteroatoms. The lowest BCUT2D eigenvalue weighted by atomic mass is 10.1. The van der Waals surface area contributed by atoms with Crippen LogP contribution < -0.4 is 19.5 Å². The minimum Gasteiger partial charge on any atom is -0.493 e. The Kier molecular flexibility index (Phi) is 4.67. The van der Waals surface area contributed by atoms with Crippen LogP contribution in [0.15, 0.2) is 28.1 Å². The van der Waals surface area contributed by atoms with Crippen molar-refractivity contribution in [3.63, 3.8) is 0 Å². The molecule has 0 bridgehead atoms. The van der Waals surface area contributed by atoms with E-state index in [2.05, 4.69) is 32.7 Å². The Bertz CT molecular complexity index is 612. The van der Waals surface area contributed by atoms with E-state index in [9.17, 15) is 0 Å². The van der Waals surface area contributed by atoms with Crippen molar-refractivity contribution in [2.75, 3.05) is 20.3 Å². The van der Waals surface area contributed by atoms with E-state index >= 15 is 0 Å². The smallest absolute Gasteiger partial charge is 0.203 e. The molecule has 21 heavy (non-hydrogen) atoms. The summed E-state index contributed by atoms with van der Waals surface area (Å²) in [7, 11) is 1.65. The third-order valence-electron chi connectivity index (χ3n) is 3.19. The third kappa shape index (κ3) is 3.33. The highest BCUT2D eigenvalue weighted by Gasteiger charge is 2.18. The maximum absolute atomic E-state index is 5.64. The van der Waals surface area contributed by atoms with E-state index in [0.29, 0.717) is 19.0 Å². The molecule has 0 spiro atoms. The molecule has 2 heterocycles. The van der Waals surface area contributed by atoms with Crippen LogP contribution in [0.1, 0.15) is 10.4 Å². The van der Waals surface area contributed by atoms with Crippen LogP contribution in [0.3, 0.4) is 0 Å². The van der Waals surface area contributed by atoms with Crippen molar-refractivity contribution in [3.8, 4) is 17.2 Å². The van der Waals surface area contributed by atoms with Crippen molar-refractivity contribution in [2.45, 2.75) is 13.1 Å². The maximum atomic E-state index is 5.64. The average molecular weight is 370 g/mol. The topological polar surface area (TPSA) is 39.7 Å². The molecule has 0 saturated heterocycles. The van der Waals surface area contributed by atoms with Crippen LogP contribution in [-0.2, 0) is 13.1 Å². The summed E-state index contributed by atoms with van der Waals surface area (Å²) in [5.74, 6) is 2.18. The van der Waals surface area contributed by atoms with Crippen LogP contribution in [0.4, 0.5) is 0 Å². The van der Waals surface area contributed by atoms with Crippen molar-refractivity contribution < 1.29 is 14.2 Å². The van der Waals surface area contributed by atoms with E-state index < -0.39 is 0 Å². The van der Waals surface area contributed by atoms with E-state index in [1.165, 1.54) is 4.88 Å². The van der Waals surface area contributed by atoms with Gasteiger partial charge < -0.3 is 19.5 Å². The summed E-state index contributed by atoms with van der Waals surface area (Å²) in [6.07, 6.45) is 0. The summed E-state index contributed by atoms with van der Waals surface area (Å²) in [6, 6.07) is 6.06. The Morgan fingerprint density at radius 2 is 2.14 bits per heavy atom. The first-order valence-corrected chi connectivity index (χ1v) is 8.34. The van der Waals surface area contributed by atoms with Gasteiger partial charge in [0.1, 0.15) is 13.2 Å². The lowest BCUT2D eigenvalue weighted by Gasteiger charge is -2.21. The lowest BCUT2D eigenvalue weighted by Crippen LogP contribution is -2.17. The SMILES string of the molecule is COc1cc(CNCc2sccc2Br)cc2c1OCCO2. The molecule has 1 aromatic carbocycles. The number of benzene rings is 1. The van der Waals surface area contributed by atoms with Crippen LogP contribution in [0.25, 0.3) is 0 Å². The van der Waals surface area contributed by atoms with Gasteiger partial charge in [0, 0.05) is 22.4 Å². The first-order chi connectivity index (χ1) is 10.3. The normalized spacial score (nSPS) is 13.2. The molecular weight excluding hydrogens is 354 g/mol. The summed E-state index contributed by atoms with van der Waals surface area (Å²) in [5, 5.41) is 5.51. The quantitative estimate of drug-likeness (QED) is 0.874. The molecular formula is C15H16BrNO3S. The number of thiophene rings is 1. The highest BCUT2D eigenvalue weighted by Crippen LogP contribution is 2.40. The van der Waals surface area contributed by atoms with Crippen molar-refractivity contribution in [3.05, 3.63) is 38.5 Å². The predicted octanol–water partition coefficient (Wildman–Crippen LogP) is 3.58. The molecule has 0 radical (unpaired) electrons. The van der Waals surface area contributed by atoms with Gasteiger partial charge >= 0.3 is 0 Å². The number of ether oxygens (including phenoxy) is 3. The zero-order valence-corrected chi connectivity index (χ0v) is 14.1. The number of halogens is 1. The van der Waals surface area contributed by atoms with Gasteiger partial charge in [-0.1, -0.05) is 0 Å². The van der Waals surface area contributed by atoms with Gasteiger partial charge in [-0.2, -0.15) is 0 Å². The first kappa shape index (κ1) is 14.7. The van der Waals surface area contributed by atoms with E-state index in [1.54, 1.807) is 18.4 Å². The molecule has 0 fully saturated rings. The predicted molar refractivity (Wildman–Crippen MR) is 86.5 cm³/mol. The largest absolute Gasteiger partial charge is 0.493 e. The fourth-order valence-corrected chi connectivity index (χ4v) is 3.66. The Hall–Kier alpha value is -1.24. The molecule has 1 aliphatic rings. The average Bonchev–Trinajstić information content (AvgIpc) is 2.92. The number of rotatable bonds is 5. The summed E-state index contributed by atoms with van der Waals surface area (Å²) < 4.78 is 17.8. The number of hydrogen-bond acceptors (Lipinski definition) is 5. The highest BCUT2D eigenvalue weighted by molar-refractivity contribution is 9.10. The van der Waals surface area contributed by atoms with Crippen LogP contribution in [0, 0.1) is 0 Å². The molecule has 0 unspecified atom stereocenters. The third-order valence-corrected chi connectivity index (χ3v) is 5.12. The Morgan fingerprint density at radius 3 is 2.90 bits per heavy atom. The molecule has 1 aromatic heterocycles. The fourth-order valence-electron chi connectivity index (χ4n) is 2.20. The molecule has 0 amide bonds. The molecule has 3 rings (SSSR count). The number of hydrogen-bond donors (Lipinski definition) is 1. The standard InChI is InChI=1S/C15H16BrNO3S/c1-18-12-6-10(7-13-15(12)20-4-3-19-13)8-17-9-14-11(16)2-5-21-14/h2,5-7,17H,3-4,8-9H2,1H3. The van der Waals surface area contributed by atoms with Gasteiger partial charge in [-0.05, 0) is 45.1 Å². The van der Waals surface area contributed by atoms with Crippen LogP contribution in [0.2, 0.25) is 0 Å². The minimum atomic E-state index is 0.563. The molecule has 0 saturated carbocycles. The summed E-state index contributed by atoms with van der Waals surface area (Å²) >= 11 is 5.28. The Labute approximate surface area is 136 Å². The highest BCUT2D eigenvalue weighted by atomic mass is 79.9. The summed E-state index contributed by atoms with van der Waals surface area (Å²) in [4.78, 5) is 1.29. The first-order valence-electron chi connectivity index (χ1n) is 6.67. The molecule has 1 N–H and O–H groups in total. The molecule has 1 aliphatic heterocycles. The molecule has 112 valence electrons. The molecule has 0 atom stereocenters. The van der Waals surface area contributed by atoms with Crippen LogP contribution in [-0.4, -0.2) is 20.3 Å². The van der Waals surface area contributed by atoms with Crippen molar-refractivity contribution in [2.24, 2.45) is 0 Å². The molecule has 2 aromatic rings. The Balaban J connectivity index is 1.69. The van der Waals surface area contributed by atoms with Crippen molar-refractivity contribution in [1.82, 2.24) is 5.32 Å². The van der Waals surface area contributed by atoms with E-state index in [4.69, 9.17) is 14.2 Å². The van der Waals surface area contributed by atoms with Gasteiger partial charge in [0.05, 0.1) is 7.11 Å². The second-order valence-electron chi connectivity index (χ2n) is 4.62. The van der Waals surface area contributed by atoms with Gasteiger partial charge in [-0.3, -0.25) is 0 Å².